The number of halogens is 1. The van der Waals surface area contributed by atoms with Crippen LogP contribution in [0.2, 0.25) is 5.02 Å². The molecule has 1 saturated carbocycles. The third kappa shape index (κ3) is 4.46. The van der Waals surface area contributed by atoms with Gasteiger partial charge in [0.25, 0.3) is 0 Å². The van der Waals surface area contributed by atoms with E-state index < -0.39 is 0 Å². The average Bonchev–Trinajstić information content (AvgIpc) is 2.59. The van der Waals surface area contributed by atoms with Gasteiger partial charge < -0.3 is 10.1 Å². The number of amides is 1. The van der Waals surface area contributed by atoms with Crippen LogP contribution in [0.15, 0.2) is 24.3 Å². The molecule has 1 aliphatic heterocycles. The molecule has 1 amide bonds. The molecule has 1 unspecified atom stereocenters. The number of benzene rings is 1. The van der Waals surface area contributed by atoms with Crippen molar-refractivity contribution in [1.29, 1.82) is 0 Å². The number of carbonyl (C=O) groups excluding carboxylic acids is 1. The number of hydrogen-bond donors (Lipinski definition) is 1. The van der Waals surface area contributed by atoms with Gasteiger partial charge in [-0.05, 0) is 30.5 Å². The first-order chi connectivity index (χ1) is 11.2. The summed E-state index contributed by atoms with van der Waals surface area (Å²) >= 11 is 6.00. The highest BCUT2D eigenvalue weighted by molar-refractivity contribution is 6.30. The summed E-state index contributed by atoms with van der Waals surface area (Å²) in [7, 11) is 0. The Balaban J connectivity index is 1.75. The summed E-state index contributed by atoms with van der Waals surface area (Å²) in [5, 5.41) is 3.97. The summed E-state index contributed by atoms with van der Waals surface area (Å²) in [5.41, 5.74) is 1.00. The Morgan fingerprint density at radius 3 is 2.43 bits per heavy atom. The van der Waals surface area contributed by atoms with E-state index in [4.69, 9.17) is 16.3 Å². The largest absolute Gasteiger partial charge is 0.379 e. The molecule has 23 heavy (non-hydrogen) atoms. The number of nitrogens with zero attached hydrogens (tertiary/aromatic N) is 1. The molecule has 0 aromatic heterocycles. The van der Waals surface area contributed by atoms with E-state index in [0.717, 1.165) is 31.5 Å². The van der Waals surface area contributed by atoms with Crippen molar-refractivity contribution in [2.45, 2.75) is 44.2 Å². The van der Waals surface area contributed by atoms with Crippen molar-refractivity contribution in [2.75, 3.05) is 26.3 Å². The lowest BCUT2D eigenvalue weighted by Crippen LogP contribution is -2.48. The monoisotopic (exact) mass is 336 g/mol. The minimum absolute atomic E-state index is 0.112. The Kier molecular flexibility index (Phi) is 5.92. The minimum Gasteiger partial charge on any atom is -0.379 e. The third-order valence-corrected chi connectivity index (χ3v) is 5.05. The van der Waals surface area contributed by atoms with Crippen LogP contribution in [0.5, 0.6) is 0 Å². The molecule has 2 fully saturated rings. The van der Waals surface area contributed by atoms with Gasteiger partial charge in [0.2, 0.25) is 5.91 Å². The number of carbonyl (C=O) groups is 1. The number of nitrogens with one attached hydrogen (secondary N) is 1. The maximum Gasteiger partial charge on any atom is 0.242 e. The van der Waals surface area contributed by atoms with Crippen molar-refractivity contribution >= 4 is 17.5 Å². The van der Waals surface area contributed by atoms with Gasteiger partial charge in [0, 0.05) is 24.2 Å². The van der Waals surface area contributed by atoms with Gasteiger partial charge in [0.05, 0.1) is 13.2 Å². The lowest BCUT2D eigenvalue weighted by molar-refractivity contribution is -0.129. The molecule has 0 bridgehead atoms. The molecule has 2 aliphatic rings. The average molecular weight is 337 g/mol. The fraction of sp³-hybridized carbons (Fsp3) is 0.611. The molecule has 1 saturated heterocycles. The Bertz CT molecular complexity index is 508. The first kappa shape index (κ1) is 16.7. The minimum atomic E-state index is -0.252. The quantitative estimate of drug-likeness (QED) is 0.918. The van der Waals surface area contributed by atoms with Crippen LogP contribution < -0.4 is 5.32 Å². The number of morpholine rings is 1. The van der Waals surface area contributed by atoms with Crippen molar-refractivity contribution < 1.29 is 9.53 Å². The zero-order chi connectivity index (χ0) is 16.1. The molecular weight excluding hydrogens is 312 g/mol. The molecule has 1 aliphatic carbocycles. The smallest absolute Gasteiger partial charge is 0.242 e. The molecular formula is C18H25ClN2O2. The van der Waals surface area contributed by atoms with Gasteiger partial charge in [-0.25, -0.2) is 0 Å². The van der Waals surface area contributed by atoms with Crippen LogP contribution in [-0.4, -0.2) is 43.2 Å². The lowest BCUT2D eigenvalue weighted by Gasteiger charge is -2.35. The molecule has 126 valence electrons. The highest BCUT2D eigenvalue weighted by atomic mass is 35.5. The Morgan fingerprint density at radius 2 is 1.78 bits per heavy atom. The fourth-order valence-electron chi connectivity index (χ4n) is 3.54. The Hall–Kier alpha value is -1.10. The molecule has 1 aromatic rings. The van der Waals surface area contributed by atoms with Gasteiger partial charge in [-0.3, -0.25) is 9.69 Å². The van der Waals surface area contributed by atoms with Gasteiger partial charge in [-0.15, -0.1) is 0 Å². The summed E-state index contributed by atoms with van der Waals surface area (Å²) in [5.74, 6) is 0.112. The second-order valence-corrected chi connectivity index (χ2v) is 6.88. The second kappa shape index (κ2) is 8.13. The van der Waals surface area contributed by atoms with Crippen molar-refractivity contribution in [3.05, 3.63) is 34.9 Å². The van der Waals surface area contributed by atoms with E-state index in [9.17, 15) is 4.79 Å². The van der Waals surface area contributed by atoms with Crippen LogP contribution in [-0.2, 0) is 9.53 Å². The van der Waals surface area contributed by atoms with Gasteiger partial charge in [0.1, 0.15) is 6.04 Å². The summed E-state index contributed by atoms with van der Waals surface area (Å²) < 4.78 is 5.44. The molecule has 5 heteroatoms. The predicted octanol–water partition coefficient (Wildman–Crippen LogP) is 3.16. The highest BCUT2D eigenvalue weighted by Gasteiger charge is 2.30. The Labute approximate surface area is 143 Å². The van der Waals surface area contributed by atoms with Crippen molar-refractivity contribution in [2.24, 2.45) is 0 Å². The molecule has 1 heterocycles. The molecule has 3 rings (SSSR count). The summed E-state index contributed by atoms with van der Waals surface area (Å²) in [6, 6.07) is 7.72. The first-order valence-electron chi connectivity index (χ1n) is 8.62. The Morgan fingerprint density at radius 1 is 1.13 bits per heavy atom. The predicted molar refractivity (Wildman–Crippen MR) is 91.6 cm³/mol. The van der Waals surface area contributed by atoms with Gasteiger partial charge in [0.15, 0.2) is 0 Å². The summed E-state index contributed by atoms with van der Waals surface area (Å²) in [4.78, 5) is 15.2. The van der Waals surface area contributed by atoms with Gasteiger partial charge in [-0.2, -0.15) is 0 Å². The van der Waals surface area contributed by atoms with Crippen LogP contribution in [0.4, 0.5) is 0 Å². The highest BCUT2D eigenvalue weighted by Crippen LogP contribution is 2.25. The van der Waals surface area contributed by atoms with Gasteiger partial charge >= 0.3 is 0 Å². The SMILES string of the molecule is O=C(NC1CCCCC1)C(c1ccc(Cl)cc1)N1CCOCC1. The lowest BCUT2D eigenvalue weighted by atomic mass is 9.94. The van der Waals surface area contributed by atoms with Crippen LogP contribution in [0, 0.1) is 0 Å². The molecule has 0 radical (unpaired) electrons. The molecule has 1 aromatic carbocycles. The van der Waals surface area contributed by atoms with Crippen molar-refractivity contribution in [1.82, 2.24) is 10.2 Å². The fourth-order valence-corrected chi connectivity index (χ4v) is 3.66. The maximum absolute atomic E-state index is 13.0. The third-order valence-electron chi connectivity index (χ3n) is 4.80. The van der Waals surface area contributed by atoms with E-state index in [1.165, 1.54) is 19.3 Å². The number of rotatable bonds is 4. The van der Waals surface area contributed by atoms with E-state index in [-0.39, 0.29) is 11.9 Å². The molecule has 4 nitrogen and oxygen atoms in total. The van der Waals surface area contributed by atoms with E-state index in [2.05, 4.69) is 10.2 Å². The standard InChI is InChI=1S/C18H25ClN2O2/c19-15-8-6-14(7-9-15)17(21-10-12-23-13-11-21)18(22)20-16-4-2-1-3-5-16/h6-9,16-17H,1-5,10-13H2,(H,20,22). The zero-order valence-electron chi connectivity index (χ0n) is 13.5. The normalized spacial score (nSPS) is 21.8. The van der Waals surface area contributed by atoms with E-state index in [1.807, 2.05) is 24.3 Å². The molecule has 1 N–H and O–H groups in total. The topological polar surface area (TPSA) is 41.6 Å². The first-order valence-corrected chi connectivity index (χ1v) is 8.99. The van der Waals surface area contributed by atoms with Crippen molar-refractivity contribution in [3.63, 3.8) is 0 Å². The zero-order valence-corrected chi connectivity index (χ0v) is 14.2. The van der Waals surface area contributed by atoms with Crippen LogP contribution >= 0.6 is 11.6 Å². The van der Waals surface area contributed by atoms with Crippen LogP contribution in [0.1, 0.15) is 43.7 Å². The summed E-state index contributed by atoms with van der Waals surface area (Å²) in [6.07, 6.45) is 5.92. The van der Waals surface area contributed by atoms with Gasteiger partial charge in [-0.1, -0.05) is 43.0 Å². The molecule has 0 spiro atoms. The van der Waals surface area contributed by atoms with Crippen molar-refractivity contribution in [3.8, 4) is 0 Å². The van der Waals surface area contributed by atoms with E-state index in [1.54, 1.807) is 0 Å². The van der Waals surface area contributed by atoms with Crippen LogP contribution in [0.25, 0.3) is 0 Å². The van der Waals surface area contributed by atoms with E-state index >= 15 is 0 Å². The summed E-state index contributed by atoms with van der Waals surface area (Å²) in [6.45, 7) is 2.93. The van der Waals surface area contributed by atoms with E-state index in [0.29, 0.717) is 24.3 Å². The molecule has 1 atom stereocenters. The number of ether oxygens (including phenoxy) is 1. The maximum atomic E-state index is 13.0. The number of hydrogen-bond acceptors (Lipinski definition) is 3. The second-order valence-electron chi connectivity index (χ2n) is 6.45. The van der Waals surface area contributed by atoms with Crippen LogP contribution in [0.3, 0.4) is 0 Å².